The third-order valence-corrected chi connectivity index (χ3v) is 4.67. The number of hydrogen-bond acceptors (Lipinski definition) is 4. The average molecular weight is 422 g/mol. The molecule has 0 aliphatic carbocycles. The second kappa shape index (κ2) is 6.09. The summed E-state index contributed by atoms with van der Waals surface area (Å²) < 4.78 is 11.3. The van der Waals surface area contributed by atoms with E-state index in [0.29, 0.717) is 32.2 Å². The van der Waals surface area contributed by atoms with Crippen molar-refractivity contribution < 1.29 is 19.1 Å². The van der Waals surface area contributed by atoms with Crippen LogP contribution in [0, 0.1) is 0 Å². The van der Waals surface area contributed by atoms with E-state index in [9.17, 15) is 9.59 Å². The first-order valence-corrected chi connectivity index (χ1v) is 8.42. The number of anilines is 1. The fraction of sp³-hybridized carbons (Fsp3) is 0.0588. The monoisotopic (exact) mass is 420 g/mol. The smallest absolute Gasteiger partial charge is 0.282 e. The SMILES string of the molecule is O=C1NN(c2cccc(Cl)c2)C(=O)C1=Cc1cc2c(cc1Br)OCO2. The number of carbonyl (C=O) groups excluding carboxylic acids is 2. The third-order valence-electron chi connectivity index (χ3n) is 3.75. The number of nitrogens with zero attached hydrogens (tertiary/aromatic N) is 1. The van der Waals surface area contributed by atoms with Gasteiger partial charge in [-0.2, -0.15) is 0 Å². The number of fused-ring (bicyclic) bond motifs is 1. The lowest BCUT2D eigenvalue weighted by molar-refractivity contribution is -0.117. The lowest BCUT2D eigenvalue weighted by Crippen LogP contribution is -2.35. The molecule has 2 heterocycles. The minimum absolute atomic E-state index is 0.0135. The number of hydrazine groups is 1. The number of benzene rings is 2. The number of hydrogen-bond donors (Lipinski definition) is 1. The van der Waals surface area contributed by atoms with E-state index < -0.39 is 11.8 Å². The molecule has 0 atom stereocenters. The normalized spacial score (nSPS) is 17.4. The van der Waals surface area contributed by atoms with E-state index in [0.717, 1.165) is 0 Å². The second-order valence-electron chi connectivity index (χ2n) is 5.35. The van der Waals surface area contributed by atoms with Gasteiger partial charge >= 0.3 is 0 Å². The van der Waals surface area contributed by atoms with Crippen LogP contribution in [0.5, 0.6) is 11.5 Å². The van der Waals surface area contributed by atoms with E-state index >= 15 is 0 Å². The van der Waals surface area contributed by atoms with Crippen molar-refractivity contribution in [2.24, 2.45) is 0 Å². The number of carbonyl (C=O) groups is 2. The lowest BCUT2D eigenvalue weighted by atomic mass is 10.1. The number of nitrogens with one attached hydrogen (secondary N) is 1. The van der Waals surface area contributed by atoms with Crippen molar-refractivity contribution in [1.82, 2.24) is 5.43 Å². The second-order valence-corrected chi connectivity index (χ2v) is 6.64. The molecule has 8 heteroatoms. The topological polar surface area (TPSA) is 67.9 Å². The van der Waals surface area contributed by atoms with Crippen LogP contribution < -0.4 is 19.9 Å². The minimum atomic E-state index is -0.491. The molecule has 0 unspecified atom stereocenters. The fourth-order valence-electron chi connectivity index (χ4n) is 2.55. The van der Waals surface area contributed by atoms with E-state index in [1.54, 1.807) is 36.4 Å². The molecule has 2 amide bonds. The standard InChI is InChI=1S/C17H10BrClN2O4/c18-13-7-15-14(24-8-25-15)5-9(13)4-12-16(22)20-21(17(12)23)11-3-1-2-10(19)6-11/h1-7H,8H2,(H,20,22). The van der Waals surface area contributed by atoms with Crippen molar-refractivity contribution in [3.8, 4) is 11.5 Å². The largest absolute Gasteiger partial charge is 0.454 e. The molecule has 0 radical (unpaired) electrons. The quantitative estimate of drug-likeness (QED) is 0.597. The molecule has 126 valence electrons. The Balaban J connectivity index is 1.70. The van der Waals surface area contributed by atoms with E-state index in [-0.39, 0.29) is 12.4 Å². The summed E-state index contributed by atoms with van der Waals surface area (Å²) in [5.74, 6) is 0.218. The van der Waals surface area contributed by atoms with Crippen LogP contribution in [0.4, 0.5) is 5.69 Å². The molecular weight excluding hydrogens is 412 g/mol. The van der Waals surface area contributed by atoms with Crippen molar-refractivity contribution in [3.63, 3.8) is 0 Å². The van der Waals surface area contributed by atoms with Crippen molar-refractivity contribution in [1.29, 1.82) is 0 Å². The Bertz CT molecular complexity index is 944. The molecule has 1 saturated heterocycles. The summed E-state index contributed by atoms with van der Waals surface area (Å²) in [5.41, 5.74) is 3.67. The van der Waals surface area contributed by atoms with Crippen LogP contribution in [0.3, 0.4) is 0 Å². The molecule has 6 nitrogen and oxygen atoms in total. The lowest BCUT2D eigenvalue weighted by Gasteiger charge is -2.14. The van der Waals surface area contributed by atoms with Crippen LogP contribution in [0.2, 0.25) is 5.02 Å². The predicted octanol–water partition coefficient (Wildman–Crippen LogP) is 3.29. The van der Waals surface area contributed by atoms with E-state index in [4.69, 9.17) is 21.1 Å². The zero-order chi connectivity index (χ0) is 17.6. The molecule has 1 N–H and O–H groups in total. The number of ether oxygens (including phenoxy) is 2. The molecule has 25 heavy (non-hydrogen) atoms. The molecule has 2 aliphatic rings. The first kappa shape index (κ1) is 16.0. The Hall–Kier alpha value is -2.51. The summed E-state index contributed by atoms with van der Waals surface area (Å²) >= 11 is 9.36. The molecule has 1 fully saturated rings. The van der Waals surface area contributed by atoms with Gasteiger partial charge in [-0.1, -0.05) is 33.6 Å². The number of halogens is 2. The highest BCUT2D eigenvalue weighted by molar-refractivity contribution is 9.10. The highest BCUT2D eigenvalue weighted by Gasteiger charge is 2.34. The van der Waals surface area contributed by atoms with Gasteiger partial charge in [0.15, 0.2) is 11.5 Å². The average Bonchev–Trinajstić information content (AvgIpc) is 3.14. The highest BCUT2D eigenvalue weighted by atomic mass is 79.9. The molecular formula is C17H10BrClN2O4. The van der Waals surface area contributed by atoms with Crippen molar-refractivity contribution in [2.75, 3.05) is 11.8 Å². The van der Waals surface area contributed by atoms with Crippen molar-refractivity contribution >= 4 is 51.1 Å². The van der Waals surface area contributed by atoms with Crippen LogP contribution in [-0.4, -0.2) is 18.6 Å². The van der Waals surface area contributed by atoms with E-state index in [1.807, 2.05) is 0 Å². The molecule has 2 aromatic carbocycles. The van der Waals surface area contributed by atoms with E-state index in [2.05, 4.69) is 21.4 Å². The Morgan fingerprint density at radius 2 is 1.92 bits per heavy atom. The van der Waals surface area contributed by atoms with Gasteiger partial charge in [0.2, 0.25) is 6.79 Å². The van der Waals surface area contributed by atoms with Gasteiger partial charge in [0.25, 0.3) is 11.8 Å². The van der Waals surface area contributed by atoms with Crippen molar-refractivity contribution in [3.05, 3.63) is 57.0 Å². The molecule has 0 spiro atoms. The van der Waals surface area contributed by atoms with Gasteiger partial charge in [-0.3, -0.25) is 15.0 Å². The Labute approximate surface area is 156 Å². The fourth-order valence-corrected chi connectivity index (χ4v) is 3.17. The van der Waals surface area contributed by atoms with Crippen LogP contribution in [0.25, 0.3) is 6.08 Å². The van der Waals surface area contributed by atoms with E-state index in [1.165, 1.54) is 11.1 Å². The number of amides is 2. The summed E-state index contributed by atoms with van der Waals surface area (Å²) in [6, 6.07) is 10.1. The molecule has 0 bridgehead atoms. The van der Waals surface area contributed by atoms with Gasteiger partial charge in [0.05, 0.1) is 5.69 Å². The van der Waals surface area contributed by atoms with Gasteiger partial charge < -0.3 is 9.47 Å². The summed E-state index contributed by atoms with van der Waals surface area (Å²) in [6.45, 7) is 0.143. The maximum absolute atomic E-state index is 12.6. The first-order valence-electron chi connectivity index (χ1n) is 7.25. The Kier molecular flexibility index (Phi) is 3.89. The molecule has 0 saturated carbocycles. The maximum atomic E-state index is 12.6. The van der Waals surface area contributed by atoms with Crippen LogP contribution >= 0.6 is 27.5 Å². The van der Waals surface area contributed by atoms with Gasteiger partial charge in [-0.15, -0.1) is 0 Å². The van der Waals surface area contributed by atoms with Crippen molar-refractivity contribution in [2.45, 2.75) is 0 Å². The number of rotatable bonds is 2. The summed E-state index contributed by atoms with van der Waals surface area (Å²) in [4.78, 5) is 24.9. The molecule has 2 aliphatic heterocycles. The zero-order valence-electron chi connectivity index (χ0n) is 12.6. The summed E-state index contributed by atoms with van der Waals surface area (Å²) in [7, 11) is 0. The van der Waals surface area contributed by atoms with Crippen LogP contribution in [-0.2, 0) is 9.59 Å². The zero-order valence-corrected chi connectivity index (χ0v) is 14.9. The molecule has 2 aromatic rings. The molecule has 4 rings (SSSR count). The first-order chi connectivity index (χ1) is 12.0. The third kappa shape index (κ3) is 2.85. The molecule has 0 aromatic heterocycles. The van der Waals surface area contributed by atoms with Gasteiger partial charge in [-0.05, 0) is 42.0 Å². The Morgan fingerprint density at radius 3 is 2.68 bits per heavy atom. The van der Waals surface area contributed by atoms with Gasteiger partial charge in [0.1, 0.15) is 5.57 Å². The van der Waals surface area contributed by atoms with Crippen LogP contribution in [0.1, 0.15) is 5.56 Å². The minimum Gasteiger partial charge on any atom is -0.454 e. The van der Waals surface area contributed by atoms with Crippen LogP contribution in [0.15, 0.2) is 46.4 Å². The highest BCUT2D eigenvalue weighted by Crippen LogP contribution is 2.38. The van der Waals surface area contributed by atoms with Gasteiger partial charge in [0, 0.05) is 9.50 Å². The maximum Gasteiger partial charge on any atom is 0.282 e. The van der Waals surface area contributed by atoms with Gasteiger partial charge in [-0.25, -0.2) is 5.01 Å². The summed E-state index contributed by atoms with van der Waals surface area (Å²) in [6.07, 6.45) is 1.51. The summed E-state index contributed by atoms with van der Waals surface area (Å²) in [5, 5.41) is 1.64. The Morgan fingerprint density at radius 1 is 1.16 bits per heavy atom. The predicted molar refractivity (Wildman–Crippen MR) is 95.3 cm³/mol.